The lowest BCUT2D eigenvalue weighted by molar-refractivity contribution is -0.143. The molecule has 6 nitrogen and oxygen atoms in total. The van der Waals surface area contributed by atoms with Crippen molar-refractivity contribution in [1.29, 1.82) is 0 Å². The lowest BCUT2D eigenvalue weighted by Gasteiger charge is -2.54. The van der Waals surface area contributed by atoms with Gasteiger partial charge in [-0.25, -0.2) is 4.79 Å². The van der Waals surface area contributed by atoms with Gasteiger partial charge in [0.2, 0.25) is 11.8 Å². The summed E-state index contributed by atoms with van der Waals surface area (Å²) < 4.78 is 6.31. The molecule has 0 aromatic rings. The summed E-state index contributed by atoms with van der Waals surface area (Å²) in [5.74, 6) is -0.903. The Hall–Kier alpha value is -2.89. The first kappa shape index (κ1) is 26.7. The minimum Gasteiger partial charge on any atom is -0.442 e. The maximum atomic E-state index is 14.1. The average molecular weight is 519 g/mol. The first-order valence-electron chi connectivity index (χ1n) is 14.2. The van der Waals surface area contributed by atoms with Crippen molar-refractivity contribution in [3.8, 4) is 0 Å². The van der Waals surface area contributed by atoms with Crippen LogP contribution in [0.1, 0.15) is 86.5 Å². The van der Waals surface area contributed by atoms with Gasteiger partial charge in [-0.3, -0.25) is 14.5 Å². The number of rotatable bonds is 6. The quantitative estimate of drug-likeness (QED) is 0.321. The standard InChI is InChI=1S/C32H42N2O4/c1-18(2)9-7-11-22-16-25(35)34-29(22)24-15-21(6)27(30(34)36)26-20(5)13-14-32(28(24)26)17-23(33-31(37)38-32)12-8-10-19(3)4/h9-10,13,15,23-24,26-28H,7-8,11-12,14,16-17H2,1-6H3,(H,33,37)/t23-,24+,26+,27-,28-,32+/m1/s1. The summed E-state index contributed by atoms with van der Waals surface area (Å²) in [6.45, 7) is 12.5. The van der Waals surface area contributed by atoms with Gasteiger partial charge >= 0.3 is 6.09 Å². The van der Waals surface area contributed by atoms with Crippen LogP contribution in [0.4, 0.5) is 4.79 Å². The molecule has 204 valence electrons. The molecular formula is C32H42N2O4. The zero-order valence-electron chi connectivity index (χ0n) is 23.7. The van der Waals surface area contributed by atoms with Crippen LogP contribution in [0.2, 0.25) is 0 Å². The van der Waals surface area contributed by atoms with E-state index in [0.29, 0.717) is 19.3 Å². The molecule has 3 amide bonds. The second-order valence-electron chi connectivity index (χ2n) is 12.5. The lowest BCUT2D eigenvalue weighted by Crippen LogP contribution is -2.61. The minimum atomic E-state index is -0.706. The van der Waals surface area contributed by atoms with E-state index in [1.54, 1.807) is 0 Å². The molecular weight excluding hydrogens is 476 g/mol. The van der Waals surface area contributed by atoms with Gasteiger partial charge < -0.3 is 10.1 Å². The molecule has 0 saturated carbocycles. The van der Waals surface area contributed by atoms with Crippen LogP contribution >= 0.6 is 0 Å². The Balaban J connectivity index is 1.60. The van der Waals surface area contributed by atoms with Crippen molar-refractivity contribution in [2.75, 3.05) is 0 Å². The molecule has 1 spiro atoms. The third-order valence-electron chi connectivity index (χ3n) is 9.26. The topological polar surface area (TPSA) is 75.7 Å². The number of hydrogen-bond acceptors (Lipinski definition) is 4. The Morgan fingerprint density at radius 2 is 1.79 bits per heavy atom. The fourth-order valence-electron chi connectivity index (χ4n) is 7.74. The van der Waals surface area contributed by atoms with Gasteiger partial charge in [-0.1, -0.05) is 46.6 Å². The molecule has 0 radical (unpaired) electrons. The van der Waals surface area contributed by atoms with Crippen LogP contribution in [0.5, 0.6) is 0 Å². The van der Waals surface area contributed by atoms with Gasteiger partial charge in [-0.05, 0) is 72.8 Å². The third kappa shape index (κ3) is 4.50. The second kappa shape index (κ2) is 10.0. The molecule has 6 aliphatic rings. The van der Waals surface area contributed by atoms with E-state index in [-0.39, 0.29) is 41.7 Å². The van der Waals surface area contributed by atoms with Crippen molar-refractivity contribution in [3.05, 3.63) is 57.9 Å². The molecule has 38 heavy (non-hydrogen) atoms. The highest BCUT2D eigenvalue weighted by Crippen LogP contribution is 2.60. The molecule has 6 atom stereocenters. The van der Waals surface area contributed by atoms with Gasteiger partial charge in [0.25, 0.3) is 0 Å². The average Bonchev–Trinajstić information content (AvgIpc) is 3.03. The highest BCUT2D eigenvalue weighted by Gasteiger charge is 2.63. The number of ether oxygens (including phenoxy) is 1. The van der Waals surface area contributed by atoms with Crippen LogP contribution in [-0.2, 0) is 14.3 Å². The van der Waals surface area contributed by atoms with Crippen LogP contribution < -0.4 is 5.32 Å². The Morgan fingerprint density at radius 1 is 1.08 bits per heavy atom. The zero-order chi connectivity index (χ0) is 27.4. The Labute approximate surface area is 226 Å². The number of carbonyl (C=O) groups excluding carboxylic acids is 3. The number of hydrogen-bond donors (Lipinski definition) is 1. The number of nitrogens with one attached hydrogen (secondary N) is 1. The number of amides is 3. The summed E-state index contributed by atoms with van der Waals surface area (Å²) in [6.07, 6.45) is 13.5. The van der Waals surface area contributed by atoms with Gasteiger partial charge in [-0.15, -0.1) is 0 Å². The van der Waals surface area contributed by atoms with E-state index in [4.69, 9.17) is 4.74 Å². The SMILES string of the molecule is CC(C)=CCCC1=C2[C@H]3C=C(C)[C@@H](C(=O)N2C(=O)C1)[C@@H]1C(C)=CC[C@]2(C[C@@H](CCC=C(C)C)NC(=O)O2)[C@@H]13. The predicted octanol–water partition coefficient (Wildman–Crippen LogP) is 6.52. The summed E-state index contributed by atoms with van der Waals surface area (Å²) >= 11 is 0. The smallest absolute Gasteiger partial charge is 0.407 e. The zero-order valence-corrected chi connectivity index (χ0v) is 23.7. The van der Waals surface area contributed by atoms with Crippen molar-refractivity contribution in [1.82, 2.24) is 10.2 Å². The van der Waals surface area contributed by atoms with E-state index in [9.17, 15) is 14.4 Å². The minimum absolute atomic E-state index is 0.00861. The summed E-state index contributed by atoms with van der Waals surface area (Å²) in [4.78, 5) is 42.0. The number of alkyl carbamates (subject to hydrolysis) is 1. The van der Waals surface area contributed by atoms with Crippen LogP contribution in [0.25, 0.3) is 0 Å². The van der Waals surface area contributed by atoms with E-state index in [1.165, 1.54) is 21.6 Å². The maximum Gasteiger partial charge on any atom is 0.407 e. The summed E-state index contributed by atoms with van der Waals surface area (Å²) in [6, 6.07) is 0.00861. The molecule has 2 saturated heterocycles. The molecule has 2 fully saturated rings. The predicted molar refractivity (Wildman–Crippen MR) is 148 cm³/mol. The van der Waals surface area contributed by atoms with E-state index in [0.717, 1.165) is 42.5 Å². The molecule has 0 unspecified atom stereocenters. The number of carbonyl (C=O) groups is 3. The summed E-state index contributed by atoms with van der Waals surface area (Å²) in [5, 5.41) is 3.07. The number of nitrogens with zero attached hydrogens (tertiary/aromatic N) is 1. The Kier molecular flexibility index (Phi) is 7.04. The molecule has 1 N–H and O–H groups in total. The largest absolute Gasteiger partial charge is 0.442 e. The first-order valence-corrected chi connectivity index (χ1v) is 14.2. The Bertz CT molecular complexity index is 1210. The van der Waals surface area contributed by atoms with Gasteiger partial charge in [0, 0.05) is 42.3 Å². The van der Waals surface area contributed by atoms with Gasteiger partial charge in [0.15, 0.2) is 0 Å². The van der Waals surface area contributed by atoms with E-state index < -0.39 is 11.5 Å². The number of imide groups is 1. The fourth-order valence-corrected chi connectivity index (χ4v) is 7.74. The van der Waals surface area contributed by atoms with Crippen molar-refractivity contribution in [3.63, 3.8) is 0 Å². The van der Waals surface area contributed by atoms with E-state index in [2.05, 4.69) is 64.2 Å². The van der Waals surface area contributed by atoms with Crippen LogP contribution in [-0.4, -0.2) is 34.5 Å². The van der Waals surface area contributed by atoms with Crippen molar-refractivity contribution in [2.45, 2.75) is 98.1 Å². The molecule has 6 rings (SSSR count). The lowest BCUT2D eigenvalue weighted by atomic mass is 9.55. The van der Waals surface area contributed by atoms with Crippen LogP contribution in [0, 0.1) is 23.7 Å². The van der Waals surface area contributed by atoms with Crippen LogP contribution in [0.3, 0.4) is 0 Å². The monoisotopic (exact) mass is 518 g/mol. The maximum absolute atomic E-state index is 14.1. The highest BCUT2D eigenvalue weighted by atomic mass is 16.6. The van der Waals surface area contributed by atoms with Gasteiger partial charge in [0.05, 0.1) is 12.3 Å². The molecule has 0 aromatic carbocycles. The molecule has 2 aliphatic carbocycles. The highest BCUT2D eigenvalue weighted by molar-refractivity contribution is 6.04. The van der Waals surface area contributed by atoms with E-state index >= 15 is 0 Å². The van der Waals surface area contributed by atoms with Crippen LogP contribution in [0.15, 0.2) is 57.9 Å². The van der Waals surface area contributed by atoms with Gasteiger partial charge in [-0.2, -0.15) is 0 Å². The van der Waals surface area contributed by atoms with E-state index in [1.807, 2.05) is 6.92 Å². The summed E-state index contributed by atoms with van der Waals surface area (Å²) in [5.41, 5.74) is 5.96. The second-order valence-corrected chi connectivity index (χ2v) is 12.5. The number of allylic oxidation sites excluding steroid dienone is 6. The Morgan fingerprint density at radius 3 is 2.50 bits per heavy atom. The first-order chi connectivity index (χ1) is 18.0. The molecule has 4 heterocycles. The fraction of sp³-hybridized carbons (Fsp3) is 0.594. The third-order valence-corrected chi connectivity index (χ3v) is 9.26. The van der Waals surface area contributed by atoms with Crippen molar-refractivity contribution in [2.24, 2.45) is 23.7 Å². The van der Waals surface area contributed by atoms with Crippen molar-refractivity contribution >= 4 is 17.9 Å². The molecule has 4 aliphatic heterocycles. The summed E-state index contributed by atoms with van der Waals surface area (Å²) in [7, 11) is 0. The molecule has 6 heteroatoms. The normalized spacial score (nSPS) is 33.7. The molecule has 2 bridgehead atoms. The van der Waals surface area contributed by atoms with Gasteiger partial charge in [0.1, 0.15) is 5.60 Å². The van der Waals surface area contributed by atoms with Crippen molar-refractivity contribution < 1.29 is 19.1 Å². The molecule has 0 aromatic heterocycles.